The summed E-state index contributed by atoms with van der Waals surface area (Å²) in [5, 5.41) is 6.51. The minimum absolute atomic E-state index is 0.0650. The zero-order valence-electron chi connectivity index (χ0n) is 11.4. The third-order valence-electron chi connectivity index (χ3n) is 3.38. The van der Waals surface area contributed by atoms with Crippen molar-refractivity contribution >= 4 is 23.3 Å². The molecule has 0 aromatic carbocycles. The summed E-state index contributed by atoms with van der Waals surface area (Å²) in [4.78, 5) is 16.3. The van der Waals surface area contributed by atoms with E-state index >= 15 is 0 Å². The fourth-order valence-electron chi connectivity index (χ4n) is 2.10. The maximum Gasteiger partial charge on any atom is 0.251 e. The number of hydrogen-bond donors (Lipinski definition) is 2. The molecule has 1 amide bonds. The highest BCUT2D eigenvalue weighted by atomic mass is 35.5. The standard InChI is InChI=1S/C14H20ClN3O/c1-3-5-16-13-8-10(7-12(15)18-13)14(19)17-11-6-9(11)4-2/h7-9,11H,3-6H2,1-2H3,(H,16,18)(H,17,19). The minimum Gasteiger partial charge on any atom is -0.370 e. The lowest BCUT2D eigenvalue weighted by Crippen LogP contribution is -2.27. The Balaban J connectivity index is 2.02. The van der Waals surface area contributed by atoms with Crippen molar-refractivity contribution in [2.45, 2.75) is 39.2 Å². The average molecular weight is 282 g/mol. The van der Waals surface area contributed by atoms with E-state index in [1.807, 2.05) is 0 Å². The molecule has 19 heavy (non-hydrogen) atoms. The second kappa shape index (κ2) is 6.24. The lowest BCUT2D eigenvalue weighted by atomic mass is 10.2. The van der Waals surface area contributed by atoms with E-state index in [1.165, 1.54) is 0 Å². The van der Waals surface area contributed by atoms with Gasteiger partial charge in [-0.1, -0.05) is 31.9 Å². The van der Waals surface area contributed by atoms with Gasteiger partial charge in [0.05, 0.1) is 0 Å². The number of aromatic nitrogens is 1. The first-order valence-electron chi connectivity index (χ1n) is 6.86. The van der Waals surface area contributed by atoms with Crippen LogP contribution < -0.4 is 10.6 Å². The number of carbonyl (C=O) groups excluding carboxylic acids is 1. The quantitative estimate of drug-likeness (QED) is 0.788. The van der Waals surface area contributed by atoms with Gasteiger partial charge < -0.3 is 10.6 Å². The number of nitrogens with zero attached hydrogens (tertiary/aromatic N) is 1. The highest BCUT2D eigenvalue weighted by molar-refractivity contribution is 6.29. The molecule has 1 heterocycles. The fourth-order valence-corrected chi connectivity index (χ4v) is 2.31. The highest BCUT2D eigenvalue weighted by Crippen LogP contribution is 2.33. The molecule has 0 bridgehead atoms. The van der Waals surface area contributed by atoms with Gasteiger partial charge in [0.15, 0.2) is 0 Å². The minimum atomic E-state index is -0.0650. The van der Waals surface area contributed by atoms with Gasteiger partial charge in [-0.2, -0.15) is 0 Å². The Bertz CT molecular complexity index is 464. The predicted molar refractivity (Wildman–Crippen MR) is 77.7 cm³/mol. The molecule has 0 saturated heterocycles. The molecule has 2 N–H and O–H groups in total. The monoisotopic (exact) mass is 281 g/mol. The van der Waals surface area contributed by atoms with Crippen molar-refractivity contribution in [2.24, 2.45) is 5.92 Å². The van der Waals surface area contributed by atoms with E-state index in [2.05, 4.69) is 29.5 Å². The van der Waals surface area contributed by atoms with Crippen LogP contribution >= 0.6 is 11.6 Å². The Morgan fingerprint density at radius 3 is 2.89 bits per heavy atom. The molecule has 1 aromatic rings. The summed E-state index contributed by atoms with van der Waals surface area (Å²) in [6.45, 7) is 5.03. The van der Waals surface area contributed by atoms with Crippen LogP contribution in [-0.4, -0.2) is 23.5 Å². The van der Waals surface area contributed by atoms with Gasteiger partial charge in [0.25, 0.3) is 5.91 Å². The van der Waals surface area contributed by atoms with E-state index in [9.17, 15) is 4.79 Å². The third-order valence-corrected chi connectivity index (χ3v) is 3.57. The topological polar surface area (TPSA) is 54.0 Å². The van der Waals surface area contributed by atoms with E-state index in [4.69, 9.17) is 11.6 Å². The van der Waals surface area contributed by atoms with Crippen LogP contribution in [-0.2, 0) is 0 Å². The Morgan fingerprint density at radius 1 is 1.47 bits per heavy atom. The molecular weight excluding hydrogens is 262 g/mol. The van der Waals surface area contributed by atoms with Gasteiger partial charge in [-0.15, -0.1) is 0 Å². The Kier molecular flexibility index (Phi) is 4.64. The summed E-state index contributed by atoms with van der Waals surface area (Å²) >= 11 is 5.95. The van der Waals surface area contributed by atoms with Gasteiger partial charge in [0, 0.05) is 18.2 Å². The number of halogens is 1. The van der Waals surface area contributed by atoms with Gasteiger partial charge in [0.2, 0.25) is 0 Å². The second-order valence-electron chi connectivity index (χ2n) is 4.97. The van der Waals surface area contributed by atoms with Crippen LogP contribution in [0.25, 0.3) is 0 Å². The molecule has 1 saturated carbocycles. The van der Waals surface area contributed by atoms with Crippen molar-refractivity contribution in [1.82, 2.24) is 10.3 Å². The molecule has 2 atom stereocenters. The van der Waals surface area contributed by atoms with E-state index in [1.54, 1.807) is 12.1 Å². The van der Waals surface area contributed by atoms with Gasteiger partial charge in [-0.3, -0.25) is 4.79 Å². The van der Waals surface area contributed by atoms with Crippen LogP contribution in [0.3, 0.4) is 0 Å². The van der Waals surface area contributed by atoms with Crippen LogP contribution in [0.5, 0.6) is 0 Å². The number of carbonyl (C=O) groups is 1. The molecular formula is C14H20ClN3O. The van der Waals surface area contributed by atoms with Crippen LogP contribution in [0.2, 0.25) is 5.15 Å². The van der Waals surface area contributed by atoms with Crippen molar-refractivity contribution in [3.05, 3.63) is 22.8 Å². The third kappa shape index (κ3) is 3.83. The Labute approximate surface area is 118 Å². The van der Waals surface area contributed by atoms with Crippen molar-refractivity contribution in [1.29, 1.82) is 0 Å². The smallest absolute Gasteiger partial charge is 0.251 e. The molecule has 1 aliphatic carbocycles. The number of rotatable bonds is 6. The fraction of sp³-hybridized carbons (Fsp3) is 0.571. The van der Waals surface area contributed by atoms with Crippen molar-refractivity contribution in [3.8, 4) is 0 Å². The predicted octanol–water partition coefficient (Wildman–Crippen LogP) is 3.09. The molecule has 5 heteroatoms. The van der Waals surface area contributed by atoms with Gasteiger partial charge >= 0.3 is 0 Å². The van der Waals surface area contributed by atoms with Crippen LogP contribution in [0.4, 0.5) is 5.82 Å². The molecule has 1 aliphatic rings. The van der Waals surface area contributed by atoms with Crippen molar-refractivity contribution in [3.63, 3.8) is 0 Å². The van der Waals surface area contributed by atoms with E-state index in [0.29, 0.717) is 28.5 Å². The summed E-state index contributed by atoms with van der Waals surface area (Å²) in [5.41, 5.74) is 0.570. The van der Waals surface area contributed by atoms with Crippen LogP contribution in [0, 0.1) is 5.92 Å². The highest BCUT2D eigenvalue weighted by Gasteiger charge is 2.36. The zero-order valence-corrected chi connectivity index (χ0v) is 12.1. The first kappa shape index (κ1) is 14.1. The Morgan fingerprint density at radius 2 is 2.26 bits per heavy atom. The lowest BCUT2D eigenvalue weighted by molar-refractivity contribution is 0.0949. The normalized spacial score (nSPS) is 21.0. The molecule has 1 aromatic heterocycles. The second-order valence-corrected chi connectivity index (χ2v) is 5.36. The first-order chi connectivity index (χ1) is 9.13. The number of nitrogens with one attached hydrogen (secondary N) is 2. The largest absolute Gasteiger partial charge is 0.370 e. The summed E-state index contributed by atoms with van der Waals surface area (Å²) < 4.78 is 0. The molecule has 0 spiro atoms. The SMILES string of the molecule is CCCNc1cc(C(=O)NC2CC2CC)cc(Cl)n1. The number of anilines is 1. The summed E-state index contributed by atoms with van der Waals surface area (Å²) in [6.07, 6.45) is 3.20. The van der Waals surface area contributed by atoms with E-state index in [-0.39, 0.29) is 5.91 Å². The summed E-state index contributed by atoms with van der Waals surface area (Å²) in [7, 11) is 0. The van der Waals surface area contributed by atoms with E-state index in [0.717, 1.165) is 25.8 Å². The van der Waals surface area contributed by atoms with Crippen LogP contribution in [0.1, 0.15) is 43.5 Å². The molecule has 0 aliphatic heterocycles. The molecule has 2 rings (SSSR count). The van der Waals surface area contributed by atoms with Gasteiger partial charge in [-0.25, -0.2) is 4.98 Å². The van der Waals surface area contributed by atoms with Gasteiger partial charge in [-0.05, 0) is 30.9 Å². The maximum atomic E-state index is 12.1. The number of hydrogen-bond acceptors (Lipinski definition) is 3. The average Bonchev–Trinajstić information content (AvgIpc) is 3.14. The zero-order chi connectivity index (χ0) is 13.8. The molecule has 2 unspecified atom stereocenters. The summed E-state index contributed by atoms with van der Waals surface area (Å²) in [5.74, 6) is 1.23. The molecule has 4 nitrogen and oxygen atoms in total. The van der Waals surface area contributed by atoms with Gasteiger partial charge in [0.1, 0.15) is 11.0 Å². The van der Waals surface area contributed by atoms with Crippen molar-refractivity contribution in [2.75, 3.05) is 11.9 Å². The maximum absolute atomic E-state index is 12.1. The van der Waals surface area contributed by atoms with Crippen LogP contribution in [0.15, 0.2) is 12.1 Å². The molecule has 104 valence electrons. The van der Waals surface area contributed by atoms with E-state index < -0.39 is 0 Å². The summed E-state index contributed by atoms with van der Waals surface area (Å²) in [6, 6.07) is 3.69. The number of pyridine rings is 1. The Hall–Kier alpha value is -1.29. The first-order valence-corrected chi connectivity index (χ1v) is 7.24. The van der Waals surface area contributed by atoms with Crippen molar-refractivity contribution < 1.29 is 4.79 Å². The lowest BCUT2D eigenvalue weighted by Gasteiger charge is -2.08. The number of amides is 1. The molecule has 1 fully saturated rings. The molecule has 0 radical (unpaired) electrons.